The molecule has 3 aromatic carbocycles. The lowest BCUT2D eigenvalue weighted by molar-refractivity contribution is -0.464. The largest absolute Gasteiger partial charge is 0.372 e. The number of hydrogen-bond acceptors (Lipinski definition) is 2. The van der Waals surface area contributed by atoms with Crippen LogP contribution in [0.5, 0.6) is 0 Å². The highest BCUT2D eigenvalue weighted by molar-refractivity contribution is 6.17. The van der Waals surface area contributed by atoms with E-state index in [4.69, 9.17) is 0 Å². The molecule has 1 atom stereocenters. The molecule has 1 N–H and O–H groups in total. The summed E-state index contributed by atoms with van der Waals surface area (Å²) in [5.41, 5.74) is 12.8. The first-order valence-electron chi connectivity index (χ1n) is 16.3. The SMILES string of the molecule is CCCCC(C)C[NH+]=C1C=CC(=C(c2ccc(N(CC)CC)cc2)c2ccc(N(CC)CC)cc2C)c2ccccc21. The molecule has 0 aromatic heterocycles. The van der Waals surface area contributed by atoms with Gasteiger partial charge in [0.15, 0.2) is 0 Å². The van der Waals surface area contributed by atoms with Gasteiger partial charge in [-0.1, -0.05) is 63.1 Å². The molecule has 1 aliphatic rings. The fourth-order valence-electron chi connectivity index (χ4n) is 6.21. The average molecular weight is 563 g/mol. The molecule has 0 spiro atoms. The zero-order chi connectivity index (χ0) is 30.1. The van der Waals surface area contributed by atoms with Crippen LogP contribution in [0.15, 0.2) is 78.9 Å². The second-order valence-electron chi connectivity index (χ2n) is 11.6. The normalized spacial score (nSPS) is 15.5. The van der Waals surface area contributed by atoms with Crippen molar-refractivity contribution in [2.24, 2.45) is 5.92 Å². The van der Waals surface area contributed by atoms with E-state index in [0.29, 0.717) is 5.92 Å². The number of fused-ring (bicyclic) bond motifs is 1. The minimum absolute atomic E-state index is 0.654. The van der Waals surface area contributed by atoms with Crippen LogP contribution in [0.1, 0.15) is 88.6 Å². The highest BCUT2D eigenvalue weighted by Crippen LogP contribution is 2.39. The maximum absolute atomic E-state index is 3.80. The first-order valence-corrected chi connectivity index (χ1v) is 16.3. The number of aryl methyl sites for hydroxylation is 1. The van der Waals surface area contributed by atoms with E-state index in [0.717, 1.165) is 32.7 Å². The van der Waals surface area contributed by atoms with Crippen molar-refractivity contribution in [2.75, 3.05) is 42.5 Å². The van der Waals surface area contributed by atoms with Gasteiger partial charge in [-0.3, -0.25) is 0 Å². The Morgan fingerprint density at radius 1 is 0.738 bits per heavy atom. The van der Waals surface area contributed by atoms with Crippen molar-refractivity contribution in [1.29, 1.82) is 0 Å². The van der Waals surface area contributed by atoms with Crippen molar-refractivity contribution >= 4 is 28.2 Å². The summed E-state index contributed by atoms with van der Waals surface area (Å²) in [5.74, 6) is 0.654. The van der Waals surface area contributed by atoms with Gasteiger partial charge in [0.05, 0.1) is 5.56 Å². The van der Waals surface area contributed by atoms with Crippen LogP contribution in [-0.2, 0) is 0 Å². The molecule has 222 valence electrons. The summed E-state index contributed by atoms with van der Waals surface area (Å²) < 4.78 is 0. The minimum Gasteiger partial charge on any atom is -0.372 e. The van der Waals surface area contributed by atoms with E-state index in [1.54, 1.807) is 0 Å². The number of unbranched alkanes of at least 4 members (excludes halogenated alkanes) is 1. The molecule has 3 heteroatoms. The molecule has 0 saturated heterocycles. The van der Waals surface area contributed by atoms with Crippen LogP contribution < -0.4 is 14.8 Å². The Bertz CT molecular complexity index is 1400. The molecule has 0 radical (unpaired) electrons. The molecular weight excluding hydrogens is 510 g/mol. The number of rotatable bonds is 13. The number of benzene rings is 3. The highest BCUT2D eigenvalue weighted by Gasteiger charge is 2.24. The summed E-state index contributed by atoms with van der Waals surface area (Å²) in [5, 5.41) is 0. The van der Waals surface area contributed by atoms with Crippen LogP contribution in [0.2, 0.25) is 0 Å². The molecule has 0 amide bonds. The summed E-state index contributed by atoms with van der Waals surface area (Å²) in [4.78, 5) is 8.63. The van der Waals surface area contributed by atoms with E-state index in [1.165, 1.54) is 75.3 Å². The van der Waals surface area contributed by atoms with Crippen LogP contribution in [0.4, 0.5) is 11.4 Å². The Morgan fingerprint density at radius 3 is 1.98 bits per heavy atom. The van der Waals surface area contributed by atoms with Crippen LogP contribution in [0, 0.1) is 12.8 Å². The molecule has 3 aromatic rings. The third kappa shape index (κ3) is 7.06. The van der Waals surface area contributed by atoms with E-state index >= 15 is 0 Å². The molecule has 4 rings (SSSR count). The fraction of sp³-hybridized carbons (Fsp3) is 0.410. The van der Waals surface area contributed by atoms with E-state index in [-0.39, 0.29) is 0 Å². The number of hydrogen-bond donors (Lipinski definition) is 1. The minimum atomic E-state index is 0.654. The Balaban J connectivity index is 1.88. The van der Waals surface area contributed by atoms with Crippen molar-refractivity contribution < 1.29 is 4.99 Å². The molecule has 0 bridgehead atoms. The van der Waals surface area contributed by atoms with Gasteiger partial charge in [-0.25, -0.2) is 4.99 Å². The van der Waals surface area contributed by atoms with Gasteiger partial charge in [-0.05, 0) is 111 Å². The second-order valence-corrected chi connectivity index (χ2v) is 11.6. The van der Waals surface area contributed by atoms with Gasteiger partial charge in [0.1, 0.15) is 6.54 Å². The molecule has 0 saturated carbocycles. The molecule has 0 fully saturated rings. The van der Waals surface area contributed by atoms with Crippen molar-refractivity contribution in [2.45, 2.75) is 67.7 Å². The van der Waals surface area contributed by atoms with E-state index in [2.05, 4.69) is 142 Å². The topological polar surface area (TPSA) is 20.5 Å². The van der Waals surface area contributed by atoms with Crippen molar-refractivity contribution in [1.82, 2.24) is 0 Å². The van der Waals surface area contributed by atoms with Crippen molar-refractivity contribution in [3.05, 3.63) is 107 Å². The third-order valence-corrected chi connectivity index (χ3v) is 8.78. The van der Waals surface area contributed by atoms with Gasteiger partial charge < -0.3 is 9.80 Å². The Hall–Kier alpha value is -3.59. The average Bonchev–Trinajstić information content (AvgIpc) is 3.02. The zero-order valence-corrected chi connectivity index (χ0v) is 27.1. The number of allylic oxidation sites excluding steroid dienone is 3. The quantitative estimate of drug-likeness (QED) is 0.228. The Morgan fingerprint density at radius 2 is 1.36 bits per heavy atom. The summed E-state index contributed by atoms with van der Waals surface area (Å²) in [6.45, 7) is 20.8. The van der Waals surface area contributed by atoms with Gasteiger partial charge in [0, 0.05) is 49.5 Å². The second kappa shape index (κ2) is 15.0. The third-order valence-electron chi connectivity index (χ3n) is 8.78. The molecule has 42 heavy (non-hydrogen) atoms. The molecular formula is C39H52N3+. The van der Waals surface area contributed by atoms with Crippen molar-refractivity contribution in [3.8, 4) is 0 Å². The molecule has 0 heterocycles. The van der Waals surface area contributed by atoms with Crippen LogP contribution in [0.25, 0.3) is 11.1 Å². The van der Waals surface area contributed by atoms with Crippen LogP contribution in [0.3, 0.4) is 0 Å². The standard InChI is InChI=1S/C39H51N3/c1-8-13-16-29(6)28-40-38-26-25-37(35-17-14-15-18-36(35)38)39(31-19-21-32(22-20-31)41(9-2)10-3)34-24-23-33(27-30(34)7)42(11-4)12-5/h14-15,17-27,29H,8-13,16,28H2,1-7H3/p+1. The molecule has 3 nitrogen and oxygen atoms in total. The van der Waals surface area contributed by atoms with E-state index in [9.17, 15) is 0 Å². The number of anilines is 2. The van der Waals surface area contributed by atoms with E-state index < -0.39 is 0 Å². The van der Waals surface area contributed by atoms with Gasteiger partial charge in [0.2, 0.25) is 5.71 Å². The number of nitrogens with one attached hydrogen (secondary N) is 1. The monoisotopic (exact) mass is 562 g/mol. The lowest BCUT2D eigenvalue weighted by Crippen LogP contribution is -2.74. The molecule has 1 aliphatic carbocycles. The predicted octanol–water partition coefficient (Wildman–Crippen LogP) is 7.91. The fourth-order valence-corrected chi connectivity index (χ4v) is 6.21. The van der Waals surface area contributed by atoms with Gasteiger partial charge in [0.25, 0.3) is 0 Å². The number of nitrogens with zero attached hydrogens (tertiary/aromatic N) is 2. The van der Waals surface area contributed by atoms with Gasteiger partial charge >= 0.3 is 0 Å². The molecule has 0 aliphatic heterocycles. The Kier molecular flexibility index (Phi) is 11.2. The lowest BCUT2D eigenvalue weighted by Gasteiger charge is -2.25. The highest BCUT2D eigenvalue weighted by atomic mass is 15.1. The summed E-state index contributed by atoms with van der Waals surface area (Å²) in [6.07, 6.45) is 8.46. The van der Waals surface area contributed by atoms with Gasteiger partial charge in [-0.2, -0.15) is 0 Å². The summed E-state index contributed by atoms with van der Waals surface area (Å²) >= 11 is 0. The maximum atomic E-state index is 3.80. The first-order chi connectivity index (χ1) is 20.4. The summed E-state index contributed by atoms with van der Waals surface area (Å²) in [6, 6.07) is 25.1. The predicted molar refractivity (Wildman–Crippen MR) is 185 cm³/mol. The Labute approximate surface area is 255 Å². The lowest BCUT2D eigenvalue weighted by atomic mass is 9.82. The van der Waals surface area contributed by atoms with E-state index in [1.807, 2.05) is 0 Å². The summed E-state index contributed by atoms with van der Waals surface area (Å²) in [7, 11) is 0. The maximum Gasteiger partial charge on any atom is 0.206 e. The first kappa shape index (κ1) is 31.3. The van der Waals surface area contributed by atoms with Crippen molar-refractivity contribution in [3.63, 3.8) is 0 Å². The van der Waals surface area contributed by atoms with Crippen LogP contribution in [-0.4, -0.2) is 38.4 Å². The zero-order valence-electron chi connectivity index (χ0n) is 27.1. The smallest absolute Gasteiger partial charge is 0.206 e. The van der Waals surface area contributed by atoms with Crippen LogP contribution >= 0.6 is 0 Å². The molecule has 1 unspecified atom stereocenters. The van der Waals surface area contributed by atoms with Gasteiger partial charge in [-0.15, -0.1) is 0 Å².